The first kappa shape index (κ1) is 16.6. The van der Waals surface area contributed by atoms with Crippen molar-refractivity contribution < 1.29 is 37.3 Å². The molecule has 0 heterocycles. The molecule has 4 N–H and O–H groups in total. The Hall–Kier alpha value is -1.42. The Morgan fingerprint density at radius 3 is 1.28 bits per heavy atom. The molecule has 106 valence electrons. The Morgan fingerprint density at radius 1 is 0.778 bits per heavy atom. The van der Waals surface area contributed by atoms with Crippen molar-refractivity contribution in [2.24, 2.45) is 0 Å². The van der Waals surface area contributed by atoms with Crippen LogP contribution in [-0.4, -0.2) is 60.3 Å². The van der Waals surface area contributed by atoms with Crippen LogP contribution < -0.4 is 0 Å². The average molecular weight is 302 g/mol. The van der Waals surface area contributed by atoms with Crippen LogP contribution in [0.4, 0.5) is 0 Å². The molecule has 0 unspecified atom stereocenters. The third kappa shape index (κ3) is 7.01. The molecule has 10 heteroatoms. The number of aliphatic hydroxyl groups excluding tert-OH is 4. The van der Waals surface area contributed by atoms with Gasteiger partial charge in [-0.2, -0.15) is 0 Å². The summed E-state index contributed by atoms with van der Waals surface area (Å²) in [5.41, 5.74) is 0. The number of rotatable bonds is 7. The summed E-state index contributed by atoms with van der Waals surface area (Å²) in [5.74, 6) is -4.89. The molecule has 0 aromatic rings. The highest BCUT2D eigenvalue weighted by Gasteiger charge is 2.20. The lowest BCUT2D eigenvalue weighted by molar-refractivity contribution is 0.363. The predicted octanol–water partition coefficient (Wildman–Crippen LogP) is -0.269. The average Bonchev–Trinajstić information content (AvgIpc) is 2.25. The number of aliphatic hydroxyl groups is 4. The Labute approximate surface area is 104 Å². The van der Waals surface area contributed by atoms with Crippen LogP contribution in [0.2, 0.25) is 0 Å². The maximum absolute atomic E-state index is 11.3. The zero-order chi connectivity index (χ0) is 14.4. The van der Waals surface area contributed by atoms with E-state index in [1.165, 1.54) is 0 Å². The quantitative estimate of drug-likeness (QED) is 0.469. The van der Waals surface area contributed by atoms with Crippen LogP contribution in [-0.2, 0) is 19.7 Å². The van der Waals surface area contributed by atoms with E-state index in [1.807, 2.05) is 0 Å². The Balaban J connectivity index is 4.58. The van der Waals surface area contributed by atoms with E-state index >= 15 is 0 Å². The first-order valence-corrected chi connectivity index (χ1v) is 8.21. The Morgan fingerprint density at radius 2 is 1.06 bits per heavy atom. The van der Waals surface area contributed by atoms with Crippen LogP contribution in [0.15, 0.2) is 24.0 Å². The summed E-state index contributed by atoms with van der Waals surface area (Å²) in [7, 11) is -7.78. The molecule has 18 heavy (non-hydrogen) atoms. The van der Waals surface area contributed by atoms with E-state index < -0.39 is 54.2 Å². The van der Waals surface area contributed by atoms with Crippen molar-refractivity contribution in [3.8, 4) is 0 Å². The van der Waals surface area contributed by atoms with E-state index in [1.54, 1.807) is 0 Å². The first-order chi connectivity index (χ1) is 8.12. The number of hydrogen-bond acceptors (Lipinski definition) is 8. The van der Waals surface area contributed by atoms with Gasteiger partial charge in [-0.1, -0.05) is 0 Å². The van der Waals surface area contributed by atoms with E-state index in [0.717, 1.165) is 0 Å². The molecule has 0 aliphatic carbocycles. The topological polar surface area (TPSA) is 149 Å². The van der Waals surface area contributed by atoms with Gasteiger partial charge in [0.1, 0.15) is 35.5 Å². The van der Waals surface area contributed by atoms with Crippen LogP contribution in [0.1, 0.15) is 0 Å². The van der Waals surface area contributed by atoms with Gasteiger partial charge < -0.3 is 20.4 Å². The second-order valence-corrected chi connectivity index (χ2v) is 7.79. The Bertz CT molecular complexity index is 475. The molecular weight excluding hydrogens is 288 g/mol. The minimum Gasteiger partial charge on any atom is -0.512 e. The maximum Gasteiger partial charge on any atom is 0.158 e. The monoisotopic (exact) mass is 302 g/mol. The van der Waals surface area contributed by atoms with E-state index in [2.05, 4.69) is 0 Å². The van der Waals surface area contributed by atoms with Gasteiger partial charge in [-0.05, 0) is 0 Å². The Kier molecular flexibility index (Phi) is 5.98. The summed E-state index contributed by atoms with van der Waals surface area (Å²) < 4.78 is 45.2. The fourth-order valence-electron chi connectivity index (χ4n) is 0.923. The van der Waals surface area contributed by atoms with Crippen molar-refractivity contribution in [1.29, 1.82) is 0 Å². The standard InChI is InChI=1S/C8H14O8S2/c9-3-7(11)5-17(13,14)1-2-18(15,16)6-8(12)4-10/h3-4,9-12H,1-2,5-6H2. The van der Waals surface area contributed by atoms with Gasteiger partial charge in [0.15, 0.2) is 19.7 Å². The zero-order valence-corrected chi connectivity index (χ0v) is 10.9. The number of sulfone groups is 2. The molecule has 0 aliphatic heterocycles. The minimum atomic E-state index is -3.89. The molecule has 0 rings (SSSR count). The number of hydrogen-bond donors (Lipinski definition) is 4. The van der Waals surface area contributed by atoms with Gasteiger partial charge in [-0.25, -0.2) is 16.8 Å². The van der Waals surface area contributed by atoms with Crippen molar-refractivity contribution in [3.05, 3.63) is 24.0 Å². The van der Waals surface area contributed by atoms with Gasteiger partial charge in [0.05, 0.1) is 11.5 Å². The van der Waals surface area contributed by atoms with E-state index in [4.69, 9.17) is 20.4 Å². The lowest BCUT2D eigenvalue weighted by Gasteiger charge is -2.04. The highest BCUT2D eigenvalue weighted by atomic mass is 32.2. The van der Waals surface area contributed by atoms with Crippen LogP contribution in [0.25, 0.3) is 0 Å². The highest BCUT2D eigenvalue weighted by molar-refractivity contribution is 7.95. The van der Waals surface area contributed by atoms with Crippen molar-refractivity contribution in [3.63, 3.8) is 0 Å². The molecule has 0 atom stereocenters. The van der Waals surface area contributed by atoms with Crippen LogP contribution in [0, 0.1) is 0 Å². The summed E-state index contributed by atoms with van der Waals surface area (Å²) in [6.45, 7) is 0. The lowest BCUT2D eigenvalue weighted by Crippen LogP contribution is -2.22. The fourth-order valence-corrected chi connectivity index (χ4v) is 4.29. The molecule has 8 nitrogen and oxygen atoms in total. The van der Waals surface area contributed by atoms with Crippen molar-refractivity contribution in [1.82, 2.24) is 0 Å². The van der Waals surface area contributed by atoms with Crippen molar-refractivity contribution in [2.75, 3.05) is 23.0 Å². The molecule has 0 saturated heterocycles. The van der Waals surface area contributed by atoms with E-state index in [9.17, 15) is 16.8 Å². The molecule has 0 aromatic heterocycles. The van der Waals surface area contributed by atoms with E-state index in [0.29, 0.717) is 0 Å². The van der Waals surface area contributed by atoms with Crippen molar-refractivity contribution >= 4 is 19.7 Å². The van der Waals surface area contributed by atoms with Crippen LogP contribution >= 0.6 is 0 Å². The normalized spacial score (nSPS) is 14.7. The van der Waals surface area contributed by atoms with Gasteiger partial charge in [-0.3, -0.25) is 0 Å². The summed E-state index contributed by atoms with van der Waals surface area (Å²) in [6.07, 6.45) is 0.402. The SMILES string of the molecule is O=S(=O)(CCS(=O)(=O)CC(O)=CO)CC(O)=CO. The molecule has 0 amide bonds. The first-order valence-electron chi connectivity index (χ1n) is 4.57. The summed E-state index contributed by atoms with van der Waals surface area (Å²) in [6, 6.07) is 0. The summed E-state index contributed by atoms with van der Waals surface area (Å²) >= 11 is 0. The molecule has 0 saturated carbocycles. The van der Waals surface area contributed by atoms with E-state index in [-0.39, 0.29) is 12.5 Å². The molecule has 0 aliphatic rings. The second kappa shape index (κ2) is 6.50. The summed E-state index contributed by atoms with van der Waals surface area (Å²) in [5, 5.41) is 34.2. The third-order valence-electron chi connectivity index (χ3n) is 1.74. The molecule has 0 spiro atoms. The molecule has 0 aromatic carbocycles. The summed E-state index contributed by atoms with van der Waals surface area (Å²) in [4.78, 5) is 0. The maximum atomic E-state index is 11.3. The molecule has 0 radical (unpaired) electrons. The van der Waals surface area contributed by atoms with Crippen molar-refractivity contribution in [2.45, 2.75) is 0 Å². The minimum absolute atomic E-state index is 0.201. The van der Waals surface area contributed by atoms with Gasteiger partial charge >= 0.3 is 0 Å². The van der Waals surface area contributed by atoms with Gasteiger partial charge in [0.2, 0.25) is 0 Å². The molecule has 0 fully saturated rings. The molecular formula is C8H14O8S2. The smallest absolute Gasteiger partial charge is 0.158 e. The van der Waals surface area contributed by atoms with Crippen LogP contribution in [0.3, 0.4) is 0 Å². The largest absolute Gasteiger partial charge is 0.512 e. The van der Waals surface area contributed by atoms with Gasteiger partial charge in [0, 0.05) is 0 Å². The lowest BCUT2D eigenvalue weighted by atomic mass is 10.6. The van der Waals surface area contributed by atoms with Gasteiger partial charge in [-0.15, -0.1) is 0 Å². The fraction of sp³-hybridized carbons (Fsp3) is 0.500. The zero-order valence-electron chi connectivity index (χ0n) is 9.22. The molecule has 0 bridgehead atoms. The highest BCUT2D eigenvalue weighted by Crippen LogP contribution is 2.03. The third-order valence-corrected chi connectivity index (χ3v) is 5.12. The predicted molar refractivity (Wildman–Crippen MR) is 64.0 cm³/mol. The second-order valence-electron chi connectivity index (χ2n) is 3.42. The van der Waals surface area contributed by atoms with Gasteiger partial charge in [0.25, 0.3) is 0 Å². The van der Waals surface area contributed by atoms with Crippen LogP contribution in [0.5, 0.6) is 0 Å².